The molecule has 4 heteroatoms. The normalized spacial score (nSPS) is 24.6. The molecule has 1 aromatic heterocycles. The first-order valence-corrected chi connectivity index (χ1v) is 7.55. The highest BCUT2D eigenvalue weighted by molar-refractivity contribution is 5.75. The number of likely N-dealkylation sites (tertiary alicyclic amines) is 1. The van der Waals surface area contributed by atoms with Crippen LogP contribution in [0.4, 0.5) is 4.79 Å². The Labute approximate surface area is 114 Å². The van der Waals surface area contributed by atoms with Crippen LogP contribution in [0.1, 0.15) is 56.7 Å². The van der Waals surface area contributed by atoms with Crippen LogP contribution >= 0.6 is 0 Å². The van der Waals surface area contributed by atoms with Crippen molar-refractivity contribution >= 4 is 6.03 Å². The zero-order chi connectivity index (χ0) is 13.1. The minimum atomic E-state index is 0.129. The van der Waals surface area contributed by atoms with E-state index in [4.69, 9.17) is 0 Å². The Balaban J connectivity index is 1.62. The van der Waals surface area contributed by atoms with Crippen molar-refractivity contribution in [2.24, 2.45) is 0 Å². The lowest BCUT2D eigenvalue weighted by molar-refractivity contribution is 0.184. The first-order valence-electron chi connectivity index (χ1n) is 7.55. The minimum Gasteiger partial charge on any atom is -0.363 e. The number of carbonyl (C=O) groups excluding carboxylic acids is 1. The van der Waals surface area contributed by atoms with E-state index in [2.05, 4.69) is 16.4 Å². The average Bonchev–Trinajstić information content (AvgIpc) is 3.10. The highest BCUT2D eigenvalue weighted by Gasteiger charge is 2.31. The van der Waals surface area contributed by atoms with E-state index in [1.165, 1.54) is 19.3 Å². The van der Waals surface area contributed by atoms with Crippen LogP contribution in [0.25, 0.3) is 0 Å². The first kappa shape index (κ1) is 12.6. The summed E-state index contributed by atoms with van der Waals surface area (Å²) in [5, 5.41) is 3.23. The number of aromatic amines is 1. The molecule has 0 bridgehead atoms. The van der Waals surface area contributed by atoms with Crippen molar-refractivity contribution in [3.63, 3.8) is 0 Å². The molecule has 4 nitrogen and oxygen atoms in total. The van der Waals surface area contributed by atoms with Crippen molar-refractivity contribution in [2.45, 2.75) is 57.0 Å². The number of amides is 2. The molecule has 1 aliphatic heterocycles. The Bertz CT molecular complexity index is 409. The summed E-state index contributed by atoms with van der Waals surface area (Å²) in [6, 6.07) is 4.84. The van der Waals surface area contributed by atoms with Crippen LogP contribution in [-0.2, 0) is 0 Å². The molecule has 0 aromatic carbocycles. The average molecular weight is 261 g/mol. The Hall–Kier alpha value is -1.45. The maximum absolute atomic E-state index is 12.4. The van der Waals surface area contributed by atoms with E-state index >= 15 is 0 Å². The SMILES string of the molecule is O=C(NC1CCCCC1)N1CCCC1c1ccc[nH]1. The number of hydrogen-bond acceptors (Lipinski definition) is 1. The first-order chi connectivity index (χ1) is 9.34. The number of H-pyrrole nitrogens is 1. The van der Waals surface area contributed by atoms with Crippen molar-refractivity contribution in [2.75, 3.05) is 6.54 Å². The number of urea groups is 1. The van der Waals surface area contributed by atoms with Gasteiger partial charge in [-0.05, 0) is 37.8 Å². The standard InChI is InChI=1S/C15H23N3O/c19-15(17-12-6-2-1-3-7-12)18-11-5-9-14(18)13-8-4-10-16-13/h4,8,10,12,14,16H,1-3,5-7,9,11H2,(H,17,19). The summed E-state index contributed by atoms with van der Waals surface area (Å²) >= 11 is 0. The van der Waals surface area contributed by atoms with E-state index in [0.717, 1.165) is 37.9 Å². The van der Waals surface area contributed by atoms with Crippen LogP contribution in [0.2, 0.25) is 0 Å². The van der Waals surface area contributed by atoms with Gasteiger partial charge in [-0.15, -0.1) is 0 Å². The Morgan fingerprint density at radius 2 is 2.05 bits per heavy atom. The second-order valence-electron chi connectivity index (χ2n) is 5.76. The van der Waals surface area contributed by atoms with Gasteiger partial charge in [0.25, 0.3) is 0 Å². The van der Waals surface area contributed by atoms with Crippen LogP contribution in [0.5, 0.6) is 0 Å². The maximum Gasteiger partial charge on any atom is 0.318 e. The topological polar surface area (TPSA) is 48.1 Å². The van der Waals surface area contributed by atoms with Gasteiger partial charge in [0.2, 0.25) is 0 Å². The monoisotopic (exact) mass is 261 g/mol. The molecule has 0 spiro atoms. The van der Waals surface area contributed by atoms with E-state index in [0.29, 0.717) is 6.04 Å². The van der Waals surface area contributed by atoms with Gasteiger partial charge in [-0.25, -0.2) is 4.79 Å². The highest BCUT2D eigenvalue weighted by atomic mass is 16.2. The molecule has 104 valence electrons. The minimum absolute atomic E-state index is 0.129. The van der Waals surface area contributed by atoms with Crippen LogP contribution < -0.4 is 5.32 Å². The van der Waals surface area contributed by atoms with E-state index in [1.54, 1.807) is 0 Å². The summed E-state index contributed by atoms with van der Waals surface area (Å²) in [6.45, 7) is 0.877. The van der Waals surface area contributed by atoms with Crippen molar-refractivity contribution in [3.8, 4) is 0 Å². The second kappa shape index (κ2) is 5.68. The molecule has 3 rings (SSSR count). The molecular weight excluding hydrogens is 238 g/mol. The molecule has 1 saturated heterocycles. The molecule has 19 heavy (non-hydrogen) atoms. The van der Waals surface area contributed by atoms with Crippen LogP contribution in [-0.4, -0.2) is 28.5 Å². The van der Waals surface area contributed by atoms with Crippen molar-refractivity contribution in [1.29, 1.82) is 0 Å². The van der Waals surface area contributed by atoms with Crippen LogP contribution in [0.3, 0.4) is 0 Å². The fraction of sp³-hybridized carbons (Fsp3) is 0.667. The van der Waals surface area contributed by atoms with Gasteiger partial charge in [0.15, 0.2) is 0 Å². The van der Waals surface area contributed by atoms with Gasteiger partial charge < -0.3 is 15.2 Å². The zero-order valence-electron chi connectivity index (χ0n) is 11.4. The van der Waals surface area contributed by atoms with Gasteiger partial charge in [-0.2, -0.15) is 0 Å². The summed E-state index contributed by atoms with van der Waals surface area (Å²) in [4.78, 5) is 17.7. The summed E-state index contributed by atoms with van der Waals surface area (Å²) in [5.74, 6) is 0. The Kier molecular flexibility index (Phi) is 3.76. The molecule has 1 saturated carbocycles. The van der Waals surface area contributed by atoms with Gasteiger partial charge in [0.05, 0.1) is 6.04 Å². The lowest BCUT2D eigenvalue weighted by Crippen LogP contribution is -2.45. The van der Waals surface area contributed by atoms with Crippen molar-refractivity contribution in [1.82, 2.24) is 15.2 Å². The van der Waals surface area contributed by atoms with Crippen LogP contribution in [0.15, 0.2) is 18.3 Å². The van der Waals surface area contributed by atoms with E-state index < -0.39 is 0 Å². The molecular formula is C15H23N3O. The smallest absolute Gasteiger partial charge is 0.318 e. The molecule has 2 aliphatic rings. The van der Waals surface area contributed by atoms with Crippen molar-refractivity contribution in [3.05, 3.63) is 24.0 Å². The molecule has 0 radical (unpaired) electrons. The molecule has 1 unspecified atom stereocenters. The fourth-order valence-corrected chi connectivity index (χ4v) is 3.39. The third kappa shape index (κ3) is 2.77. The molecule has 1 atom stereocenters. The molecule has 2 N–H and O–H groups in total. The summed E-state index contributed by atoms with van der Waals surface area (Å²) in [6.07, 6.45) is 10.2. The van der Waals surface area contributed by atoms with Crippen molar-refractivity contribution < 1.29 is 4.79 Å². The number of carbonyl (C=O) groups is 1. The molecule has 2 amide bonds. The van der Waals surface area contributed by atoms with E-state index in [9.17, 15) is 4.79 Å². The molecule has 1 aliphatic carbocycles. The number of rotatable bonds is 2. The number of hydrogen-bond donors (Lipinski definition) is 2. The lowest BCUT2D eigenvalue weighted by atomic mass is 9.96. The third-order valence-electron chi connectivity index (χ3n) is 4.43. The maximum atomic E-state index is 12.4. The highest BCUT2D eigenvalue weighted by Crippen LogP contribution is 2.31. The summed E-state index contributed by atoms with van der Waals surface area (Å²) in [7, 11) is 0. The van der Waals surface area contributed by atoms with Gasteiger partial charge in [-0.3, -0.25) is 0 Å². The zero-order valence-corrected chi connectivity index (χ0v) is 11.4. The Morgan fingerprint density at radius 3 is 2.79 bits per heavy atom. The van der Waals surface area contributed by atoms with Gasteiger partial charge in [-0.1, -0.05) is 19.3 Å². The second-order valence-corrected chi connectivity index (χ2v) is 5.76. The number of nitrogens with one attached hydrogen (secondary N) is 2. The molecule has 2 fully saturated rings. The number of aromatic nitrogens is 1. The third-order valence-corrected chi connectivity index (χ3v) is 4.43. The van der Waals surface area contributed by atoms with E-state index in [1.807, 2.05) is 17.2 Å². The van der Waals surface area contributed by atoms with Crippen LogP contribution in [0, 0.1) is 0 Å². The number of nitrogens with zero attached hydrogens (tertiary/aromatic N) is 1. The molecule has 2 heterocycles. The van der Waals surface area contributed by atoms with Gasteiger partial charge >= 0.3 is 6.03 Å². The quantitative estimate of drug-likeness (QED) is 0.844. The fourth-order valence-electron chi connectivity index (χ4n) is 3.39. The Morgan fingerprint density at radius 1 is 1.21 bits per heavy atom. The largest absolute Gasteiger partial charge is 0.363 e. The summed E-state index contributed by atoms with van der Waals surface area (Å²) < 4.78 is 0. The molecule has 1 aromatic rings. The van der Waals surface area contributed by atoms with Gasteiger partial charge in [0, 0.05) is 24.5 Å². The predicted octanol–water partition coefficient (Wildman–Crippen LogP) is 3.19. The van der Waals surface area contributed by atoms with Gasteiger partial charge in [0.1, 0.15) is 0 Å². The lowest BCUT2D eigenvalue weighted by Gasteiger charge is -2.29. The summed E-state index contributed by atoms with van der Waals surface area (Å²) in [5.41, 5.74) is 1.16. The predicted molar refractivity (Wildman–Crippen MR) is 74.9 cm³/mol. The van der Waals surface area contributed by atoms with E-state index in [-0.39, 0.29) is 12.1 Å².